The molecular formula is C12H19NO2. The number of hydrogen-bond donors (Lipinski definition) is 0. The van der Waals surface area contributed by atoms with Crippen molar-refractivity contribution in [3.63, 3.8) is 0 Å². The van der Waals surface area contributed by atoms with Gasteiger partial charge in [-0.25, -0.2) is 0 Å². The number of rotatable bonds is 7. The van der Waals surface area contributed by atoms with Gasteiger partial charge in [-0.05, 0) is 18.9 Å². The van der Waals surface area contributed by atoms with Crippen molar-refractivity contribution in [2.45, 2.75) is 52.1 Å². The largest absolute Gasteiger partial charge is 0.458 e. The molecule has 0 aliphatic heterocycles. The van der Waals surface area contributed by atoms with Gasteiger partial charge >= 0.3 is 5.97 Å². The maximum atomic E-state index is 10.8. The van der Waals surface area contributed by atoms with Crippen LogP contribution in [0.2, 0.25) is 0 Å². The lowest BCUT2D eigenvalue weighted by Gasteiger charge is -2.12. The van der Waals surface area contributed by atoms with Gasteiger partial charge in [0.25, 0.3) is 0 Å². The third-order valence-electron chi connectivity index (χ3n) is 2.04. The van der Waals surface area contributed by atoms with Gasteiger partial charge in [0.05, 0.1) is 6.07 Å². The monoisotopic (exact) mass is 209 g/mol. The predicted octanol–water partition coefficient (Wildman–Crippen LogP) is 2.97. The molecule has 84 valence electrons. The quantitative estimate of drug-likeness (QED) is 0.368. The average molecular weight is 209 g/mol. The number of carbonyl (C=O) groups is 1. The second-order valence-electron chi connectivity index (χ2n) is 3.49. The van der Waals surface area contributed by atoms with Crippen LogP contribution < -0.4 is 0 Å². The lowest BCUT2D eigenvalue weighted by Crippen LogP contribution is -2.13. The van der Waals surface area contributed by atoms with E-state index in [-0.39, 0.29) is 12.1 Å². The molecule has 0 fully saturated rings. The smallest absolute Gasteiger partial charge is 0.303 e. The lowest BCUT2D eigenvalue weighted by molar-refractivity contribution is -0.144. The van der Waals surface area contributed by atoms with Crippen molar-refractivity contribution < 1.29 is 9.53 Å². The summed E-state index contributed by atoms with van der Waals surface area (Å²) in [7, 11) is 0. The van der Waals surface area contributed by atoms with E-state index in [4.69, 9.17) is 10.00 Å². The van der Waals surface area contributed by atoms with Crippen LogP contribution in [0.1, 0.15) is 46.0 Å². The second-order valence-corrected chi connectivity index (χ2v) is 3.49. The van der Waals surface area contributed by atoms with Crippen molar-refractivity contribution in [3.8, 4) is 6.07 Å². The SMILES string of the molecule is CCCCCCC(/C=C/C#N)OC(C)=O. The minimum absolute atomic E-state index is 0.237. The molecule has 0 radical (unpaired) electrons. The second kappa shape index (κ2) is 9.26. The Bertz CT molecular complexity index is 240. The van der Waals surface area contributed by atoms with E-state index >= 15 is 0 Å². The number of allylic oxidation sites excluding steroid dienone is 1. The van der Waals surface area contributed by atoms with Crippen molar-refractivity contribution >= 4 is 5.97 Å². The topological polar surface area (TPSA) is 50.1 Å². The molecule has 0 heterocycles. The highest BCUT2D eigenvalue weighted by molar-refractivity contribution is 5.66. The lowest BCUT2D eigenvalue weighted by atomic mass is 10.1. The van der Waals surface area contributed by atoms with Gasteiger partial charge in [0, 0.05) is 13.0 Å². The summed E-state index contributed by atoms with van der Waals surface area (Å²) >= 11 is 0. The zero-order valence-electron chi connectivity index (χ0n) is 9.53. The van der Waals surface area contributed by atoms with Crippen molar-refractivity contribution in [1.82, 2.24) is 0 Å². The molecule has 0 rings (SSSR count). The number of nitriles is 1. The highest BCUT2D eigenvalue weighted by Gasteiger charge is 2.07. The number of unbranched alkanes of at least 4 members (excludes halogenated alkanes) is 3. The maximum Gasteiger partial charge on any atom is 0.303 e. The van der Waals surface area contributed by atoms with E-state index in [1.165, 1.54) is 25.8 Å². The fraction of sp³-hybridized carbons (Fsp3) is 0.667. The van der Waals surface area contributed by atoms with Crippen LogP contribution in [0.25, 0.3) is 0 Å². The summed E-state index contributed by atoms with van der Waals surface area (Å²) in [5.74, 6) is -0.293. The molecule has 15 heavy (non-hydrogen) atoms. The molecule has 1 atom stereocenters. The molecule has 0 spiro atoms. The number of ether oxygens (including phenoxy) is 1. The van der Waals surface area contributed by atoms with Crippen molar-refractivity contribution in [2.75, 3.05) is 0 Å². The van der Waals surface area contributed by atoms with Gasteiger partial charge in [-0.1, -0.05) is 26.2 Å². The van der Waals surface area contributed by atoms with Crippen molar-refractivity contribution in [2.24, 2.45) is 0 Å². The Morgan fingerprint density at radius 2 is 2.20 bits per heavy atom. The Kier molecular flexibility index (Phi) is 8.46. The van der Waals surface area contributed by atoms with Gasteiger partial charge in [0.2, 0.25) is 0 Å². The molecule has 0 amide bonds. The van der Waals surface area contributed by atoms with Crippen molar-refractivity contribution in [3.05, 3.63) is 12.2 Å². The van der Waals surface area contributed by atoms with Crippen LogP contribution >= 0.6 is 0 Å². The Hall–Kier alpha value is -1.30. The first kappa shape index (κ1) is 13.7. The first-order valence-corrected chi connectivity index (χ1v) is 5.44. The molecule has 1 unspecified atom stereocenters. The van der Waals surface area contributed by atoms with Gasteiger partial charge in [-0.15, -0.1) is 0 Å². The van der Waals surface area contributed by atoms with E-state index < -0.39 is 0 Å². The summed E-state index contributed by atoms with van der Waals surface area (Å²) < 4.78 is 5.06. The standard InChI is InChI=1S/C12H19NO2/c1-3-4-5-6-8-12(9-7-10-13)15-11(2)14/h7,9,12H,3-6,8H2,1-2H3/b9-7+. The van der Waals surface area contributed by atoms with Gasteiger partial charge in [-0.2, -0.15) is 5.26 Å². The van der Waals surface area contributed by atoms with Gasteiger partial charge in [-0.3, -0.25) is 4.79 Å². The summed E-state index contributed by atoms with van der Waals surface area (Å²) in [5.41, 5.74) is 0. The minimum Gasteiger partial charge on any atom is -0.458 e. The van der Waals surface area contributed by atoms with Gasteiger partial charge in [0.15, 0.2) is 0 Å². The fourth-order valence-electron chi connectivity index (χ4n) is 1.33. The van der Waals surface area contributed by atoms with Crippen LogP contribution in [-0.2, 0) is 9.53 Å². The highest BCUT2D eigenvalue weighted by Crippen LogP contribution is 2.09. The number of carbonyl (C=O) groups excluding carboxylic acids is 1. The summed E-state index contributed by atoms with van der Waals surface area (Å²) in [4.78, 5) is 10.8. The first-order chi connectivity index (χ1) is 7.20. The fourth-order valence-corrected chi connectivity index (χ4v) is 1.33. The number of esters is 1. The molecule has 0 aliphatic carbocycles. The summed E-state index contributed by atoms with van der Waals surface area (Å²) in [6, 6.07) is 1.90. The minimum atomic E-state index is -0.293. The maximum absolute atomic E-state index is 10.8. The third-order valence-corrected chi connectivity index (χ3v) is 2.04. The van der Waals surface area contributed by atoms with Crippen LogP contribution in [0, 0.1) is 11.3 Å². The molecule has 3 nitrogen and oxygen atoms in total. The van der Waals surface area contributed by atoms with E-state index in [0.717, 1.165) is 19.3 Å². The van der Waals surface area contributed by atoms with Crippen molar-refractivity contribution in [1.29, 1.82) is 5.26 Å². The Labute approximate surface area is 91.7 Å². The third kappa shape index (κ3) is 9.01. The zero-order valence-corrected chi connectivity index (χ0v) is 9.53. The van der Waals surface area contributed by atoms with Crippen LogP contribution in [0.4, 0.5) is 0 Å². The van der Waals surface area contributed by atoms with Crippen LogP contribution in [0.3, 0.4) is 0 Å². The zero-order chi connectivity index (χ0) is 11.5. The first-order valence-electron chi connectivity index (χ1n) is 5.44. The average Bonchev–Trinajstić information content (AvgIpc) is 2.19. The molecular weight excluding hydrogens is 190 g/mol. The van der Waals surface area contributed by atoms with E-state index in [2.05, 4.69) is 6.92 Å². The van der Waals surface area contributed by atoms with Gasteiger partial charge in [0.1, 0.15) is 6.10 Å². The molecule has 0 bridgehead atoms. The van der Waals surface area contributed by atoms with E-state index in [1.54, 1.807) is 6.08 Å². The van der Waals surface area contributed by atoms with Gasteiger partial charge < -0.3 is 4.74 Å². The highest BCUT2D eigenvalue weighted by atomic mass is 16.5. The van der Waals surface area contributed by atoms with Crippen LogP contribution in [0.5, 0.6) is 0 Å². The molecule has 0 N–H and O–H groups in total. The Balaban J connectivity index is 3.86. The Morgan fingerprint density at radius 1 is 1.47 bits per heavy atom. The summed E-state index contributed by atoms with van der Waals surface area (Å²) in [5, 5.41) is 8.38. The van der Waals surface area contributed by atoms with E-state index in [1.807, 2.05) is 6.07 Å². The molecule has 0 saturated carbocycles. The molecule has 0 aromatic rings. The normalized spacial score (nSPS) is 12.3. The van der Waals surface area contributed by atoms with E-state index in [0.29, 0.717) is 0 Å². The van der Waals surface area contributed by atoms with Crippen LogP contribution in [-0.4, -0.2) is 12.1 Å². The molecule has 0 aliphatic rings. The summed E-state index contributed by atoms with van der Waals surface area (Å²) in [6.07, 6.45) is 8.15. The Morgan fingerprint density at radius 3 is 2.73 bits per heavy atom. The molecule has 0 aromatic carbocycles. The van der Waals surface area contributed by atoms with E-state index in [9.17, 15) is 4.79 Å². The molecule has 3 heteroatoms. The number of hydrogen-bond acceptors (Lipinski definition) is 3. The van der Waals surface area contributed by atoms with Crippen LogP contribution in [0.15, 0.2) is 12.2 Å². The molecule has 0 saturated heterocycles. The number of nitrogens with zero attached hydrogens (tertiary/aromatic N) is 1. The predicted molar refractivity (Wildman–Crippen MR) is 59.1 cm³/mol. The summed E-state index contributed by atoms with van der Waals surface area (Å²) in [6.45, 7) is 3.54. The molecule has 0 aromatic heterocycles.